The van der Waals surface area contributed by atoms with Crippen LogP contribution in [0.3, 0.4) is 0 Å². The summed E-state index contributed by atoms with van der Waals surface area (Å²) in [7, 11) is 0. The third-order valence-electron chi connectivity index (χ3n) is 2.89. The van der Waals surface area contributed by atoms with Crippen LogP contribution in [-0.2, 0) is 0 Å². The summed E-state index contributed by atoms with van der Waals surface area (Å²) in [5.74, 6) is -1.67. The van der Waals surface area contributed by atoms with E-state index < -0.39 is 11.6 Å². The Hall–Kier alpha value is -1.49. The van der Waals surface area contributed by atoms with E-state index in [0.29, 0.717) is 11.6 Å². The Balaban J connectivity index is 1.94. The van der Waals surface area contributed by atoms with E-state index in [1.54, 1.807) is 17.4 Å². The number of rotatable bonds is 3. The first-order valence-corrected chi connectivity index (χ1v) is 6.64. The summed E-state index contributed by atoms with van der Waals surface area (Å²) in [5, 5.41) is 4.17. The van der Waals surface area contributed by atoms with E-state index in [0.717, 1.165) is 21.8 Å². The van der Waals surface area contributed by atoms with Crippen LogP contribution in [0.1, 0.15) is 17.7 Å². The second-order valence-electron chi connectivity index (χ2n) is 4.47. The first-order chi connectivity index (χ1) is 8.63. The van der Waals surface area contributed by atoms with Crippen LogP contribution in [-0.4, -0.2) is 11.0 Å². The van der Waals surface area contributed by atoms with Gasteiger partial charge in [-0.3, -0.25) is 0 Å². The number of nitrogens with one attached hydrogen (secondary N) is 1. The molecule has 0 bridgehead atoms. The van der Waals surface area contributed by atoms with Gasteiger partial charge in [-0.05, 0) is 38.0 Å². The van der Waals surface area contributed by atoms with Crippen LogP contribution in [0.2, 0.25) is 0 Å². The van der Waals surface area contributed by atoms with Gasteiger partial charge in [0.25, 0.3) is 0 Å². The Morgan fingerprint density at radius 1 is 1.28 bits per heavy atom. The van der Waals surface area contributed by atoms with Crippen molar-refractivity contribution in [3.8, 4) is 11.3 Å². The Kier molecular flexibility index (Phi) is 2.78. The Morgan fingerprint density at radius 3 is 2.72 bits per heavy atom. The van der Waals surface area contributed by atoms with Crippen LogP contribution < -0.4 is 5.32 Å². The topological polar surface area (TPSA) is 24.9 Å². The van der Waals surface area contributed by atoms with E-state index in [2.05, 4.69) is 10.3 Å². The van der Waals surface area contributed by atoms with Gasteiger partial charge in [0.15, 0.2) is 16.8 Å². The van der Waals surface area contributed by atoms with Crippen molar-refractivity contribution in [3.63, 3.8) is 0 Å². The standard InChI is InChI=1S/C13H12F2N2S/c1-7-12(8-2-5-10(14)11(15)6-8)17-13(18-7)16-9-3-4-9/h2,5-6,9H,3-4H2,1H3,(H,16,17). The third-order valence-corrected chi connectivity index (χ3v) is 3.80. The zero-order valence-electron chi connectivity index (χ0n) is 9.84. The van der Waals surface area contributed by atoms with Gasteiger partial charge in [-0.25, -0.2) is 13.8 Å². The van der Waals surface area contributed by atoms with Crippen molar-refractivity contribution < 1.29 is 8.78 Å². The van der Waals surface area contributed by atoms with Crippen LogP contribution >= 0.6 is 11.3 Å². The maximum absolute atomic E-state index is 13.2. The molecule has 1 fully saturated rings. The Morgan fingerprint density at radius 2 is 2.06 bits per heavy atom. The number of thiazole rings is 1. The van der Waals surface area contributed by atoms with Crippen LogP contribution in [0.25, 0.3) is 11.3 Å². The lowest BCUT2D eigenvalue weighted by atomic mass is 10.1. The molecule has 1 aliphatic rings. The van der Waals surface area contributed by atoms with Crippen LogP contribution in [0, 0.1) is 18.6 Å². The monoisotopic (exact) mass is 266 g/mol. The number of benzene rings is 1. The molecule has 0 atom stereocenters. The van der Waals surface area contributed by atoms with Gasteiger partial charge in [0.05, 0.1) is 5.69 Å². The summed E-state index contributed by atoms with van der Waals surface area (Å²) in [6.45, 7) is 1.94. The largest absolute Gasteiger partial charge is 0.359 e. The number of halogens is 2. The fourth-order valence-electron chi connectivity index (χ4n) is 1.77. The molecule has 1 N–H and O–H groups in total. The smallest absolute Gasteiger partial charge is 0.183 e. The first kappa shape index (κ1) is 11.6. The first-order valence-electron chi connectivity index (χ1n) is 5.83. The lowest BCUT2D eigenvalue weighted by Crippen LogP contribution is -1.99. The molecular weight excluding hydrogens is 254 g/mol. The summed E-state index contributed by atoms with van der Waals surface area (Å²) in [6.07, 6.45) is 2.36. The summed E-state index contributed by atoms with van der Waals surface area (Å²) in [5.41, 5.74) is 1.34. The molecule has 5 heteroatoms. The molecular formula is C13H12F2N2S. The van der Waals surface area contributed by atoms with E-state index in [9.17, 15) is 8.78 Å². The highest BCUT2D eigenvalue weighted by Gasteiger charge is 2.23. The Bertz CT molecular complexity index is 591. The van der Waals surface area contributed by atoms with E-state index in [4.69, 9.17) is 0 Å². The number of hydrogen-bond acceptors (Lipinski definition) is 3. The molecule has 1 aliphatic carbocycles. The lowest BCUT2D eigenvalue weighted by molar-refractivity contribution is 0.509. The molecule has 0 amide bonds. The van der Waals surface area contributed by atoms with Gasteiger partial charge < -0.3 is 5.32 Å². The molecule has 1 aromatic carbocycles. The van der Waals surface area contributed by atoms with Crippen LogP contribution in [0.15, 0.2) is 18.2 Å². The zero-order chi connectivity index (χ0) is 12.7. The summed E-state index contributed by atoms with van der Waals surface area (Å²) in [4.78, 5) is 5.45. The van der Waals surface area contributed by atoms with Gasteiger partial charge >= 0.3 is 0 Å². The molecule has 3 rings (SSSR count). The highest BCUT2D eigenvalue weighted by atomic mass is 32.1. The molecule has 2 aromatic rings. The van der Waals surface area contributed by atoms with E-state index in [1.165, 1.54) is 18.9 Å². The number of nitrogens with zero attached hydrogens (tertiary/aromatic N) is 1. The molecule has 1 saturated carbocycles. The minimum absolute atomic E-state index is 0.536. The van der Waals surface area contributed by atoms with Gasteiger partial charge in [0.2, 0.25) is 0 Å². The van der Waals surface area contributed by atoms with Crippen molar-refractivity contribution in [2.45, 2.75) is 25.8 Å². The summed E-state index contributed by atoms with van der Waals surface area (Å²) in [6, 6.07) is 4.42. The highest BCUT2D eigenvalue weighted by Crippen LogP contribution is 2.33. The number of hydrogen-bond donors (Lipinski definition) is 1. The average molecular weight is 266 g/mol. The van der Waals surface area contributed by atoms with Gasteiger partial charge in [-0.1, -0.05) is 0 Å². The number of anilines is 1. The van der Waals surface area contributed by atoms with Gasteiger partial charge in [0, 0.05) is 16.5 Å². The van der Waals surface area contributed by atoms with Gasteiger partial charge in [0.1, 0.15) is 0 Å². The second-order valence-corrected chi connectivity index (χ2v) is 5.67. The fourth-order valence-corrected chi connectivity index (χ4v) is 2.68. The van der Waals surface area contributed by atoms with Crippen LogP contribution in [0.5, 0.6) is 0 Å². The third kappa shape index (κ3) is 2.22. The van der Waals surface area contributed by atoms with Crippen molar-refractivity contribution in [3.05, 3.63) is 34.7 Å². The maximum atomic E-state index is 13.2. The van der Waals surface area contributed by atoms with Crippen molar-refractivity contribution in [2.24, 2.45) is 0 Å². The van der Waals surface area contributed by atoms with Crippen molar-refractivity contribution in [2.75, 3.05) is 5.32 Å². The number of aryl methyl sites for hydroxylation is 1. The molecule has 0 radical (unpaired) electrons. The summed E-state index contributed by atoms with van der Waals surface area (Å²) >= 11 is 1.55. The quantitative estimate of drug-likeness (QED) is 0.909. The normalized spacial score (nSPS) is 14.8. The Labute approximate surface area is 108 Å². The lowest BCUT2D eigenvalue weighted by Gasteiger charge is -2.00. The summed E-state index contributed by atoms with van der Waals surface area (Å²) < 4.78 is 26.1. The highest BCUT2D eigenvalue weighted by molar-refractivity contribution is 7.16. The van der Waals surface area contributed by atoms with E-state index >= 15 is 0 Å². The molecule has 1 aromatic heterocycles. The van der Waals surface area contributed by atoms with Gasteiger partial charge in [-0.2, -0.15) is 0 Å². The predicted octanol–water partition coefficient (Wildman–Crippen LogP) is 3.97. The van der Waals surface area contributed by atoms with Gasteiger partial charge in [-0.15, -0.1) is 11.3 Å². The molecule has 2 nitrogen and oxygen atoms in total. The SMILES string of the molecule is Cc1sc(NC2CC2)nc1-c1ccc(F)c(F)c1. The average Bonchev–Trinajstić information content (AvgIpc) is 3.06. The second kappa shape index (κ2) is 4.31. The zero-order valence-corrected chi connectivity index (χ0v) is 10.7. The van der Waals surface area contributed by atoms with Crippen LogP contribution in [0.4, 0.5) is 13.9 Å². The maximum Gasteiger partial charge on any atom is 0.183 e. The molecule has 0 spiro atoms. The van der Waals surface area contributed by atoms with E-state index in [1.807, 2.05) is 6.92 Å². The molecule has 0 unspecified atom stereocenters. The minimum Gasteiger partial charge on any atom is -0.359 e. The molecule has 94 valence electrons. The number of aromatic nitrogens is 1. The van der Waals surface area contributed by atoms with E-state index in [-0.39, 0.29) is 0 Å². The molecule has 18 heavy (non-hydrogen) atoms. The molecule has 0 aliphatic heterocycles. The minimum atomic E-state index is -0.836. The van der Waals surface area contributed by atoms with Crippen molar-refractivity contribution in [1.29, 1.82) is 0 Å². The molecule has 1 heterocycles. The van der Waals surface area contributed by atoms with Crippen molar-refractivity contribution in [1.82, 2.24) is 4.98 Å². The predicted molar refractivity (Wildman–Crippen MR) is 68.8 cm³/mol. The van der Waals surface area contributed by atoms with Crippen molar-refractivity contribution >= 4 is 16.5 Å². The molecule has 0 saturated heterocycles. The fraction of sp³-hybridized carbons (Fsp3) is 0.308.